The number of fused-ring (bicyclic) bond motifs is 1. The van der Waals surface area contributed by atoms with Crippen LogP contribution in [0.5, 0.6) is 5.75 Å². The maximum absolute atomic E-state index is 13.2. The number of rotatable bonds is 11. The number of carbonyl (C=O) groups is 2. The molecule has 0 radical (unpaired) electrons. The lowest BCUT2D eigenvalue weighted by Crippen LogP contribution is -2.77. The first-order valence-corrected chi connectivity index (χ1v) is 16.5. The Morgan fingerprint density at radius 1 is 1.27 bits per heavy atom. The van der Waals surface area contributed by atoms with E-state index in [0.29, 0.717) is 42.3 Å². The lowest BCUT2D eigenvalue weighted by molar-refractivity contribution is -0.218. The number of carbonyl (C=O) groups excluding carboxylic acids is 2. The summed E-state index contributed by atoms with van der Waals surface area (Å²) in [5.41, 5.74) is 12.1. The Hall–Kier alpha value is -3.62. The molecule has 0 aliphatic carbocycles. The van der Waals surface area contributed by atoms with Crippen molar-refractivity contribution in [3.8, 4) is 5.75 Å². The van der Waals surface area contributed by atoms with Crippen molar-refractivity contribution >= 4 is 45.6 Å². The summed E-state index contributed by atoms with van der Waals surface area (Å²) in [6.07, 6.45) is 1.00. The summed E-state index contributed by atoms with van der Waals surface area (Å²) >= 11 is 1.21. The third-order valence-electron chi connectivity index (χ3n) is 7.94. The number of nitrogens with zero attached hydrogens (tertiary/aromatic N) is 4. The topological polar surface area (TPSA) is 238 Å². The van der Waals surface area contributed by atoms with E-state index in [9.17, 15) is 18.0 Å². The molecule has 5 rings (SSSR count). The predicted molar refractivity (Wildman–Crippen MR) is 163 cm³/mol. The standard InChI is InChI=1S/C26H37N9O8S2/c1-26(2)21(23(37)35(26)43-45(38,39)40)31-22(36)20(19-14-44-24(28)30-19)32-42-8-7-41-18-4-3-16-12-34(13-17(16)9-18)25(29)33-6-5-15(10-27)11-33/h3-4,9,14-15,21,24,29-30H,5-8,10-13,27-28H2,1-2H3,(H,31,36)(H,38,39,40)/b29-25?,32-20-. The van der Waals surface area contributed by atoms with Crippen molar-refractivity contribution < 1.29 is 36.4 Å². The molecule has 4 heterocycles. The van der Waals surface area contributed by atoms with E-state index in [1.165, 1.54) is 25.6 Å². The second kappa shape index (κ2) is 13.0. The maximum atomic E-state index is 13.2. The molecule has 3 atom stereocenters. The van der Waals surface area contributed by atoms with E-state index < -0.39 is 39.3 Å². The summed E-state index contributed by atoms with van der Waals surface area (Å²) in [5.74, 6) is -0.109. The van der Waals surface area contributed by atoms with Gasteiger partial charge in [0.2, 0.25) is 0 Å². The Labute approximate surface area is 264 Å². The van der Waals surface area contributed by atoms with Gasteiger partial charge in [-0.15, -0.1) is 4.28 Å². The number of likely N-dealkylation sites (tertiary alicyclic amines) is 1. The first-order chi connectivity index (χ1) is 21.3. The summed E-state index contributed by atoms with van der Waals surface area (Å²) in [4.78, 5) is 35.1. The Kier molecular flexibility index (Phi) is 9.47. The number of ether oxygens (including phenoxy) is 1. The summed E-state index contributed by atoms with van der Waals surface area (Å²) in [7, 11) is -4.94. The van der Waals surface area contributed by atoms with Crippen LogP contribution < -0.4 is 26.8 Å². The predicted octanol–water partition coefficient (Wildman–Crippen LogP) is -0.771. The van der Waals surface area contributed by atoms with Crippen LogP contribution in [0.25, 0.3) is 0 Å². The molecule has 1 aromatic rings. The maximum Gasteiger partial charge on any atom is 0.418 e. The molecule has 246 valence electrons. The molecule has 0 bridgehead atoms. The quantitative estimate of drug-likeness (QED) is 0.0424. The molecular weight excluding hydrogens is 630 g/mol. The third kappa shape index (κ3) is 7.28. The Morgan fingerprint density at radius 2 is 2.02 bits per heavy atom. The van der Waals surface area contributed by atoms with Gasteiger partial charge < -0.3 is 41.5 Å². The Bertz CT molecular complexity index is 1520. The van der Waals surface area contributed by atoms with Crippen LogP contribution in [0.2, 0.25) is 0 Å². The molecule has 2 fully saturated rings. The fraction of sp³-hybridized carbons (Fsp3) is 0.538. The van der Waals surface area contributed by atoms with Crippen molar-refractivity contribution in [3.63, 3.8) is 0 Å². The highest BCUT2D eigenvalue weighted by Gasteiger charge is 2.58. The normalized spacial score (nSPS) is 24.2. The zero-order chi connectivity index (χ0) is 32.5. The molecule has 17 nitrogen and oxygen atoms in total. The van der Waals surface area contributed by atoms with Crippen molar-refractivity contribution in [2.75, 3.05) is 32.8 Å². The van der Waals surface area contributed by atoms with Crippen LogP contribution in [0.1, 0.15) is 31.4 Å². The minimum atomic E-state index is -4.94. The molecule has 45 heavy (non-hydrogen) atoms. The van der Waals surface area contributed by atoms with Crippen LogP contribution in [-0.4, -0.2) is 101 Å². The minimum Gasteiger partial charge on any atom is -0.490 e. The molecule has 19 heteroatoms. The zero-order valence-electron chi connectivity index (χ0n) is 24.8. The monoisotopic (exact) mass is 667 g/mol. The molecule has 0 aromatic heterocycles. The van der Waals surface area contributed by atoms with Crippen molar-refractivity contribution in [2.45, 2.75) is 50.4 Å². The molecule has 4 aliphatic heterocycles. The van der Waals surface area contributed by atoms with Gasteiger partial charge in [-0.1, -0.05) is 23.0 Å². The average Bonchev–Trinajstić information content (AvgIpc) is 3.75. The van der Waals surface area contributed by atoms with Crippen LogP contribution in [0.3, 0.4) is 0 Å². The van der Waals surface area contributed by atoms with E-state index >= 15 is 0 Å². The smallest absolute Gasteiger partial charge is 0.418 e. The summed E-state index contributed by atoms with van der Waals surface area (Å²) in [6, 6.07) is 4.60. The zero-order valence-corrected chi connectivity index (χ0v) is 26.4. The number of hydrogen-bond acceptors (Lipinski definition) is 13. The van der Waals surface area contributed by atoms with Gasteiger partial charge in [-0.05, 0) is 56.0 Å². The van der Waals surface area contributed by atoms with Crippen molar-refractivity contribution in [2.24, 2.45) is 22.5 Å². The van der Waals surface area contributed by atoms with Gasteiger partial charge in [0.1, 0.15) is 23.9 Å². The van der Waals surface area contributed by atoms with Gasteiger partial charge in [-0.25, -0.2) is 0 Å². The molecule has 0 saturated carbocycles. The fourth-order valence-electron chi connectivity index (χ4n) is 5.45. The van der Waals surface area contributed by atoms with Gasteiger partial charge >= 0.3 is 10.4 Å². The lowest BCUT2D eigenvalue weighted by atomic mass is 9.84. The lowest BCUT2D eigenvalue weighted by Gasteiger charge is -2.50. The van der Waals surface area contributed by atoms with Gasteiger partial charge in [0.25, 0.3) is 11.8 Å². The van der Waals surface area contributed by atoms with Crippen molar-refractivity contribution in [3.05, 3.63) is 40.4 Å². The number of oxime groups is 1. The summed E-state index contributed by atoms with van der Waals surface area (Å²) in [5, 5.41) is 20.0. The van der Waals surface area contributed by atoms with Crippen LogP contribution in [-0.2, 0) is 42.2 Å². The number of nitrogens with one attached hydrogen (secondary N) is 3. The van der Waals surface area contributed by atoms with Gasteiger partial charge in [-0.3, -0.25) is 19.6 Å². The molecule has 2 saturated heterocycles. The first-order valence-electron chi connectivity index (χ1n) is 14.2. The molecule has 4 aliphatic rings. The van der Waals surface area contributed by atoms with E-state index in [2.05, 4.69) is 25.0 Å². The van der Waals surface area contributed by atoms with E-state index in [1.54, 1.807) is 5.41 Å². The van der Waals surface area contributed by atoms with Crippen LogP contribution in [0.4, 0.5) is 0 Å². The van der Waals surface area contributed by atoms with Gasteiger partial charge in [0, 0.05) is 31.6 Å². The Morgan fingerprint density at radius 3 is 2.67 bits per heavy atom. The highest BCUT2D eigenvalue weighted by atomic mass is 32.3. The number of guanidine groups is 1. The van der Waals surface area contributed by atoms with Gasteiger partial charge in [0.15, 0.2) is 18.3 Å². The molecule has 2 amide bonds. The molecule has 1 aromatic carbocycles. The van der Waals surface area contributed by atoms with E-state index in [0.717, 1.165) is 30.6 Å². The summed E-state index contributed by atoms with van der Waals surface area (Å²) in [6.45, 7) is 6.53. The van der Waals surface area contributed by atoms with Crippen molar-refractivity contribution in [1.29, 1.82) is 5.41 Å². The molecule has 0 spiro atoms. The van der Waals surface area contributed by atoms with Gasteiger partial charge in [-0.2, -0.15) is 13.5 Å². The largest absolute Gasteiger partial charge is 0.490 e. The number of benzene rings is 1. The van der Waals surface area contributed by atoms with Gasteiger partial charge in [0.05, 0.1) is 11.2 Å². The fourth-order valence-corrected chi connectivity index (χ4v) is 6.57. The first kappa shape index (κ1) is 32.8. The third-order valence-corrected chi connectivity index (χ3v) is 9.06. The Balaban J connectivity index is 1.14. The summed E-state index contributed by atoms with van der Waals surface area (Å²) < 4.78 is 41.3. The number of β-lactam (4-membered cyclic amide) rings is 1. The molecular formula is C26H37N9O8S2. The number of amides is 2. The average molecular weight is 668 g/mol. The minimum absolute atomic E-state index is 0.0157. The van der Waals surface area contributed by atoms with E-state index in [-0.39, 0.29) is 24.6 Å². The number of thioether (sulfide) groups is 1. The number of hydrogen-bond donors (Lipinski definition) is 6. The molecule has 8 N–H and O–H groups in total. The second-order valence-corrected chi connectivity index (χ2v) is 13.5. The second-order valence-electron chi connectivity index (χ2n) is 11.5. The van der Waals surface area contributed by atoms with Crippen LogP contribution in [0.15, 0.2) is 34.5 Å². The molecule has 3 unspecified atom stereocenters. The SMILES string of the molecule is CC1(C)C(NC(=O)/C(=N\OCCOc2ccc3c(c2)CN(C(=N)N2CCC(CN)C2)C3)C2=CSC(N)N2)C(=O)N1OS(=O)(=O)O. The van der Waals surface area contributed by atoms with E-state index in [1.807, 2.05) is 23.1 Å². The van der Waals surface area contributed by atoms with Crippen LogP contribution >= 0.6 is 11.8 Å². The van der Waals surface area contributed by atoms with Crippen molar-refractivity contribution in [1.82, 2.24) is 25.5 Å². The highest BCUT2D eigenvalue weighted by Crippen LogP contribution is 2.33. The van der Waals surface area contributed by atoms with E-state index in [4.69, 9.17) is 31.0 Å². The number of hydroxylamine groups is 2. The number of nitrogens with two attached hydrogens (primary N) is 2. The van der Waals surface area contributed by atoms with Crippen LogP contribution in [0, 0.1) is 11.3 Å². The highest BCUT2D eigenvalue weighted by molar-refractivity contribution is 8.02.